The summed E-state index contributed by atoms with van der Waals surface area (Å²) in [5.74, 6) is 2.07. The number of rotatable bonds is 5. The first kappa shape index (κ1) is 16.0. The number of likely N-dealkylation sites (tertiary alicyclic amines) is 1. The van der Waals surface area contributed by atoms with E-state index in [0.29, 0.717) is 12.5 Å². The highest BCUT2D eigenvalue weighted by Gasteiger charge is 2.38. The molecule has 5 heteroatoms. The largest absolute Gasteiger partial charge is 0.484 e. The Balaban J connectivity index is 1.66. The van der Waals surface area contributed by atoms with Crippen LogP contribution in [0.3, 0.4) is 0 Å². The second-order valence-corrected chi connectivity index (χ2v) is 6.46. The minimum absolute atomic E-state index is 0.157. The quantitative estimate of drug-likeness (QED) is 0.919. The number of aromatic nitrogens is 1. The van der Waals surface area contributed by atoms with Crippen molar-refractivity contribution in [2.45, 2.75) is 44.9 Å². The lowest BCUT2D eigenvalue weighted by Crippen LogP contribution is -2.43. The minimum Gasteiger partial charge on any atom is -0.484 e. The van der Waals surface area contributed by atoms with E-state index in [1.807, 2.05) is 38.1 Å². The van der Waals surface area contributed by atoms with E-state index in [4.69, 9.17) is 9.15 Å². The maximum absolute atomic E-state index is 11.0. The predicted octanol–water partition coefficient (Wildman–Crippen LogP) is 2.86. The van der Waals surface area contributed by atoms with E-state index in [1.54, 1.807) is 6.20 Å². The van der Waals surface area contributed by atoms with Gasteiger partial charge in [0, 0.05) is 6.04 Å². The van der Waals surface area contributed by atoms with Crippen molar-refractivity contribution < 1.29 is 14.3 Å². The minimum atomic E-state index is -0.858. The van der Waals surface area contributed by atoms with E-state index in [9.17, 15) is 5.11 Å². The molecular formula is C18H24N2O3. The van der Waals surface area contributed by atoms with Crippen LogP contribution in [0.2, 0.25) is 0 Å². The Hall–Kier alpha value is -1.85. The van der Waals surface area contributed by atoms with Crippen molar-refractivity contribution in [2.24, 2.45) is 0 Å². The summed E-state index contributed by atoms with van der Waals surface area (Å²) in [5.41, 5.74) is 0.0549. The molecule has 1 saturated heterocycles. The zero-order valence-corrected chi connectivity index (χ0v) is 14.0. The summed E-state index contributed by atoms with van der Waals surface area (Å²) in [4.78, 5) is 6.34. The fourth-order valence-corrected chi connectivity index (χ4v) is 3.31. The van der Waals surface area contributed by atoms with Gasteiger partial charge in [-0.05, 0) is 58.0 Å². The van der Waals surface area contributed by atoms with Crippen LogP contribution in [0.4, 0.5) is 0 Å². The van der Waals surface area contributed by atoms with Gasteiger partial charge >= 0.3 is 0 Å². The van der Waals surface area contributed by atoms with Crippen molar-refractivity contribution in [2.75, 3.05) is 13.6 Å². The van der Waals surface area contributed by atoms with E-state index >= 15 is 0 Å². The molecule has 0 spiro atoms. The average Bonchev–Trinajstić information content (AvgIpc) is 3.14. The summed E-state index contributed by atoms with van der Waals surface area (Å²) in [6, 6.07) is 7.79. The summed E-state index contributed by atoms with van der Waals surface area (Å²) in [6.07, 6.45) is 3.83. The van der Waals surface area contributed by atoms with Gasteiger partial charge in [-0.15, -0.1) is 0 Å². The number of likely N-dealkylation sites (N-methyl/N-ethyl adjacent to an activating group) is 1. The molecule has 1 aromatic heterocycles. The van der Waals surface area contributed by atoms with Gasteiger partial charge in [0.05, 0.1) is 6.20 Å². The first-order chi connectivity index (χ1) is 11.0. The molecule has 1 N–H and O–H groups in total. The van der Waals surface area contributed by atoms with Crippen LogP contribution in [0.1, 0.15) is 37.0 Å². The second kappa shape index (κ2) is 6.34. The number of benzene rings is 1. The lowest BCUT2D eigenvalue weighted by molar-refractivity contribution is -0.0153. The van der Waals surface area contributed by atoms with E-state index in [-0.39, 0.29) is 6.04 Å². The van der Waals surface area contributed by atoms with Crippen LogP contribution < -0.4 is 4.74 Å². The molecule has 0 aliphatic carbocycles. The van der Waals surface area contributed by atoms with Crippen molar-refractivity contribution in [3.8, 4) is 5.75 Å². The predicted molar refractivity (Wildman–Crippen MR) is 87.2 cm³/mol. The van der Waals surface area contributed by atoms with Crippen LogP contribution in [0.25, 0.3) is 0 Å². The molecule has 5 nitrogen and oxygen atoms in total. The highest BCUT2D eigenvalue weighted by molar-refractivity contribution is 5.31. The molecule has 124 valence electrons. The van der Waals surface area contributed by atoms with Gasteiger partial charge in [-0.25, -0.2) is 4.98 Å². The summed E-state index contributed by atoms with van der Waals surface area (Å²) in [7, 11) is 2.07. The molecule has 1 fully saturated rings. The zero-order valence-electron chi connectivity index (χ0n) is 14.0. The molecular weight excluding hydrogens is 292 g/mol. The molecule has 2 heterocycles. The molecule has 0 radical (unpaired) electrons. The molecule has 0 amide bonds. The van der Waals surface area contributed by atoms with E-state index < -0.39 is 5.60 Å². The van der Waals surface area contributed by atoms with Crippen molar-refractivity contribution in [1.29, 1.82) is 0 Å². The third kappa shape index (κ3) is 3.41. The van der Waals surface area contributed by atoms with Crippen molar-refractivity contribution in [3.63, 3.8) is 0 Å². The molecule has 1 unspecified atom stereocenters. The van der Waals surface area contributed by atoms with E-state index in [2.05, 4.69) is 16.9 Å². The molecule has 2 atom stereocenters. The maximum Gasteiger partial charge on any atom is 0.232 e. The van der Waals surface area contributed by atoms with E-state index in [0.717, 1.165) is 36.5 Å². The smallest absolute Gasteiger partial charge is 0.232 e. The Morgan fingerprint density at radius 1 is 1.39 bits per heavy atom. The van der Waals surface area contributed by atoms with Crippen LogP contribution >= 0.6 is 0 Å². The number of hydrogen-bond acceptors (Lipinski definition) is 5. The third-order valence-corrected chi connectivity index (χ3v) is 4.64. The number of aliphatic hydroxyl groups is 1. The number of oxazole rings is 1. The molecule has 1 aliphatic heterocycles. The van der Waals surface area contributed by atoms with E-state index in [1.165, 1.54) is 0 Å². The highest BCUT2D eigenvalue weighted by atomic mass is 16.5. The molecule has 0 bridgehead atoms. The molecule has 3 rings (SSSR count). The van der Waals surface area contributed by atoms with Crippen LogP contribution in [-0.4, -0.2) is 34.6 Å². The number of aryl methyl sites for hydroxylation is 1. The van der Waals surface area contributed by atoms with Crippen LogP contribution in [0.15, 0.2) is 34.9 Å². The van der Waals surface area contributed by atoms with Crippen LogP contribution in [0, 0.1) is 6.92 Å². The lowest BCUT2D eigenvalue weighted by atomic mass is 9.87. The average molecular weight is 316 g/mol. The monoisotopic (exact) mass is 316 g/mol. The highest BCUT2D eigenvalue weighted by Crippen LogP contribution is 2.34. The van der Waals surface area contributed by atoms with Gasteiger partial charge in [-0.1, -0.05) is 12.1 Å². The first-order valence-electron chi connectivity index (χ1n) is 8.04. The SMILES string of the molecule is Cc1cnc(COc2ccc(C(C)(O)[C@H]3CCCN3C)cc2)o1. The van der Waals surface area contributed by atoms with Gasteiger partial charge in [0.15, 0.2) is 6.61 Å². The van der Waals surface area contributed by atoms with Gasteiger partial charge in [-0.3, -0.25) is 0 Å². The standard InChI is InChI=1S/C18H24N2O3/c1-13-11-19-17(23-13)12-22-15-8-6-14(7-9-15)18(2,21)16-5-4-10-20(16)3/h6-9,11,16,21H,4-5,10,12H2,1-3H3/t16-,18?/m1/s1. The molecule has 1 aromatic carbocycles. The van der Waals surface area contributed by atoms with Gasteiger partial charge < -0.3 is 19.2 Å². The summed E-state index contributed by atoms with van der Waals surface area (Å²) >= 11 is 0. The van der Waals surface area contributed by atoms with Crippen LogP contribution in [-0.2, 0) is 12.2 Å². The molecule has 1 aliphatic rings. The fourth-order valence-electron chi connectivity index (χ4n) is 3.31. The van der Waals surface area contributed by atoms with Gasteiger partial charge in [0.25, 0.3) is 0 Å². The Bertz CT molecular complexity index is 649. The summed E-state index contributed by atoms with van der Waals surface area (Å²) in [5, 5.41) is 11.0. The van der Waals surface area contributed by atoms with Gasteiger partial charge in [-0.2, -0.15) is 0 Å². The summed E-state index contributed by atoms with van der Waals surface area (Å²) in [6.45, 7) is 5.09. The van der Waals surface area contributed by atoms with Gasteiger partial charge in [0.2, 0.25) is 5.89 Å². The normalized spacial score (nSPS) is 21.3. The number of ether oxygens (including phenoxy) is 1. The Kier molecular flexibility index (Phi) is 4.41. The number of nitrogens with zero attached hydrogens (tertiary/aromatic N) is 2. The Morgan fingerprint density at radius 2 is 2.13 bits per heavy atom. The van der Waals surface area contributed by atoms with Crippen molar-refractivity contribution >= 4 is 0 Å². The second-order valence-electron chi connectivity index (χ2n) is 6.46. The van der Waals surface area contributed by atoms with Crippen LogP contribution in [0.5, 0.6) is 5.75 Å². The summed E-state index contributed by atoms with van der Waals surface area (Å²) < 4.78 is 11.1. The molecule has 2 aromatic rings. The first-order valence-corrected chi connectivity index (χ1v) is 8.04. The molecule has 23 heavy (non-hydrogen) atoms. The lowest BCUT2D eigenvalue weighted by Gasteiger charge is -2.35. The Labute approximate surface area is 136 Å². The van der Waals surface area contributed by atoms with Gasteiger partial charge in [0.1, 0.15) is 17.1 Å². The van der Waals surface area contributed by atoms with Crippen molar-refractivity contribution in [3.05, 3.63) is 47.7 Å². The number of hydrogen-bond donors (Lipinski definition) is 1. The molecule has 0 saturated carbocycles. The fraction of sp³-hybridized carbons (Fsp3) is 0.500. The Morgan fingerprint density at radius 3 is 2.70 bits per heavy atom. The third-order valence-electron chi connectivity index (χ3n) is 4.64. The topological polar surface area (TPSA) is 58.7 Å². The van der Waals surface area contributed by atoms with Crippen molar-refractivity contribution in [1.82, 2.24) is 9.88 Å². The maximum atomic E-state index is 11.0. The zero-order chi connectivity index (χ0) is 16.4.